The highest BCUT2D eigenvalue weighted by Gasteiger charge is 2.34. The average molecular weight is 299 g/mol. The molecule has 0 aromatic heterocycles. The lowest BCUT2D eigenvalue weighted by Crippen LogP contribution is -2.27. The molecule has 0 saturated heterocycles. The Morgan fingerprint density at radius 2 is 2.00 bits per heavy atom. The third kappa shape index (κ3) is 4.00. The van der Waals surface area contributed by atoms with E-state index in [0.29, 0.717) is 5.92 Å². The molecule has 1 aliphatic carbocycles. The molecule has 1 nitrogen and oxygen atoms in total. The molecule has 118 valence electrons. The minimum absolute atomic E-state index is 0.0360. The van der Waals surface area contributed by atoms with Crippen LogP contribution in [0.2, 0.25) is 0 Å². The Hall–Kier alpha value is -1.03. The lowest BCUT2D eigenvalue weighted by molar-refractivity contribution is -0.137. The number of halogens is 3. The highest BCUT2D eigenvalue weighted by Crippen LogP contribution is 2.41. The lowest BCUT2D eigenvalue weighted by atomic mass is 9.89. The number of benzene rings is 1. The maximum atomic E-state index is 12.9. The van der Waals surface area contributed by atoms with E-state index in [2.05, 4.69) is 12.2 Å². The average Bonchev–Trinajstić information content (AvgIpc) is 2.92. The fourth-order valence-electron chi connectivity index (χ4n) is 3.47. The summed E-state index contributed by atoms with van der Waals surface area (Å²) in [6.45, 7) is 4.97. The minimum atomic E-state index is -4.27. The first-order chi connectivity index (χ1) is 9.95. The lowest BCUT2D eigenvalue weighted by Gasteiger charge is -2.26. The molecule has 1 N–H and O–H groups in total. The molecule has 0 heterocycles. The summed E-state index contributed by atoms with van der Waals surface area (Å²) in [5.74, 6) is 1.17. The van der Waals surface area contributed by atoms with Crippen LogP contribution in [0.25, 0.3) is 0 Å². The van der Waals surface area contributed by atoms with Gasteiger partial charge in [0.15, 0.2) is 0 Å². The van der Waals surface area contributed by atoms with Crippen LogP contribution in [0, 0.1) is 11.8 Å². The van der Waals surface area contributed by atoms with Crippen LogP contribution >= 0.6 is 0 Å². The van der Waals surface area contributed by atoms with Crippen LogP contribution in [0.1, 0.15) is 56.7 Å². The number of alkyl halides is 3. The minimum Gasteiger partial charge on any atom is -0.310 e. The molecular formula is C17H24F3N. The molecule has 0 amide bonds. The van der Waals surface area contributed by atoms with Gasteiger partial charge in [-0.15, -0.1) is 0 Å². The third-order valence-corrected chi connectivity index (χ3v) is 4.63. The summed E-state index contributed by atoms with van der Waals surface area (Å²) in [6.07, 6.45) is 0.311. The molecule has 2 rings (SSSR count). The molecule has 1 aliphatic rings. The molecule has 0 spiro atoms. The van der Waals surface area contributed by atoms with Crippen LogP contribution in [-0.4, -0.2) is 6.54 Å². The molecule has 0 radical (unpaired) electrons. The highest BCUT2D eigenvalue weighted by atomic mass is 19.4. The van der Waals surface area contributed by atoms with Crippen LogP contribution < -0.4 is 5.32 Å². The summed E-state index contributed by atoms with van der Waals surface area (Å²) in [7, 11) is 0. The van der Waals surface area contributed by atoms with Gasteiger partial charge in [-0.3, -0.25) is 0 Å². The van der Waals surface area contributed by atoms with Crippen molar-refractivity contribution in [3.8, 4) is 0 Å². The molecular weight excluding hydrogens is 275 g/mol. The summed E-state index contributed by atoms with van der Waals surface area (Å²) >= 11 is 0. The predicted octanol–water partition coefficient (Wildman–Crippen LogP) is 5.18. The number of hydrogen-bond donors (Lipinski definition) is 1. The zero-order chi connectivity index (χ0) is 15.5. The van der Waals surface area contributed by atoms with Gasteiger partial charge < -0.3 is 5.32 Å². The van der Waals surface area contributed by atoms with Gasteiger partial charge in [-0.25, -0.2) is 0 Å². The van der Waals surface area contributed by atoms with Gasteiger partial charge in [0.1, 0.15) is 0 Å². The van der Waals surface area contributed by atoms with E-state index < -0.39 is 11.7 Å². The Bertz CT molecular complexity index is 456. The third-order valence-electron chi connectivity index (χ3n) is 4.63. The standard InChI is InChI=1S/C17H24F3N/c1-3-12-8-9-14(10-12)16(21-4-2)13-6-5-7-15(11-13)17(18,19)20/h5-7,11-12,14,16,21H,3-4,8-10H2,1-2H3. The van der Waals surface area contributed by atoms with E-state index in [0.717, 1.165) is 43.4 Å². The van der Waals surface area contributed by atoms with Crippen molar-refractivity contribution in [1.82, 2.24) is 5.32 Å². The number of nitrogens with one attached hydrogen (secondary N) is 1. The summed E-state index contributed by atoms with van der Waals surface area (Å²) in [6, 6.07) is 5.84. The molecule has 1 aromatic rings. The number of hydrogen-bond acceptors (Lipinski definition) is 1. The van der Waals surface area contributed by atoms with Crippen molar-refractivity contribution in [1.29, 1.82) is 0 Å². The van der Waals surface area contributed by atoms with Gasteiger partial charge >= 0.3 is 6.18 Å². The van der Waals surface area contributed by atoms with E-state index in [4.69, 9.17) is 0 Å². The fourth-order valence-corrected chi connectivity index (χ4v) is 3.47. The summed E-state index contributed by atoms with van der Waals surface area (Å²) < 4.78 is 38.7. The predicted molar refractivity (Wildman–Crippen MR) is 79.0 cm³/mol. The van der Waals surface area contributed by atoms with E-state index in [9.17, 15) is 13.2 Å². The van der Waals surface area contributed by atoms with Crippen LogP contribution in [0.15, 0.2) is 24.3 Å². The second-order valence-electron chi connectivity index (χ2n) is 6.01. The molecule has 3 atom stereocenters. The Labute approximate surface area is 124 Å². The van der Waals surface area contributed by atoms with E-state index in [1.54, 1.807) is 0 Å². The zero-order valence-electron chi connectivity index (χ0n) is 12.7. The number of rotatable bonds is 5. The van der Waals surface area contributed by atoms with Crippen LogP contribution in [0.5, 0.6) is 0 Å². The molecule has 1 aromatic carbocycles. The van der Waals surface area contributed by atoms with Crippen molar-refractivity contribution in [2.45, 2.75) is 51.7 Å². The summed E-state index contributed by atoms with van der Waals surface area (Å²) in [5.41, 5.74) is 0.223. The van der Waals surface area contributed by atoms with Crippen LogP contribution in [0.4, 0.5) is 13.2 Å². The van der Waals surface area contributed by atoms with Gasteiger partial charge in [0.05, 0.1) is 5.56 Å². The smallest absolute Gasteiger partial charge is 0.310 e. The normalized spacial score (nSPS) is 24.2. The van der Waals surface area contributed by atoms with Gasteiger partial charge in [0, 0.05) is 6.04 Å². The molecule has 3 unspecified atom stereocenters. The Balaban J connectivity index is 2.22. The molecule has 4 heteroatoms. The van der Waals surface area contributed by atoms with Crippen LogP contribution in [-0.2, 0) is 6.18 Å². The van der Waals surface area contributed by atoms with Gasteiger partial charge in [-0.2, -0.15) is 13.2 Å². The van der Waals surface area contributed by atoms with Crippen molar-refractivity contribution in [3.05, 3.63) is 35.4 Å². The summed E-state index contributed by atoms with van der Waals surface area (Å²) in [4.78, 5) is 0. The Morgan fingerprint density at radius 3 is 2.57 bits per heavy atom. The first-order valence-corrected chi connectivity index (χ1v) is 7.86. The topological polar surface area (TPSA) is 12.0 Å². The summed E-state index contributed by atoms with van der Waals surface area (Å²) in [5, 5.41) is 3.40. The van der Waals surface area contributed by atoms with Crippen molar-refractivity contribution in [2.75, 3.05) is 6.54 Å². The first-order valence-electron chi connectivity index (χ1n) is 7.86. The maximum absolute atomic E-state index is 12.9. The maximum Gasteiger partial charge on any atom is 0.416 e. The zero-order valence-corrected chi connectivity index (χ0v) is 12.7. The second kappa shape index (κ2) is 6.82. The first kappa shape index (κ1) is 16.3. The molecule has 21 heavy (non-hydrogen) atoms. The van der Waals surface area contributed by atoms with E-state index >= 15 is 0 Å². The SMILES string of the molecule is CCNC(c1cccc(C(F)(F)F)c1)C1CCC(CC)C1. The molecule has 1 fully saturated rings. The van der Waals surface area contributed by atoms with Gasteiger partial charge in [0.2, 0.25) is 0 Å². The second-order valence-corrected chi connectivity index (χ2v) is 6.01. The van der Waals surface area contributed by atoms with Gasteiger partial charge in [-0.05, 0) is 48.9 Å². The van der Waals surface area contributed by atoms with Crippen molar-refractivity contribution < 1.29 is 13.2 Å². The van der Waals surface area contributed by atoms with E-state index in [1.165, 1.54) is 18.6 Å². The van der Waals surface area contributed by atoms with Gasteiger partial charge in [-0.1, -0.05) is 38.8 Å². The largest absolute Gasteiger partial charge is 0.416 e. The van der Waals surface area contributed by atoms with Crippen molar-refractivity contribution >= 4 is 0 Å². The fraction of sp³-hybridized carbons (Fsp3) is 0.647. The van der Waals surface area contributed by atoms with Crippen LogP contribution in [0.3, 0.4) is 0 Å². The van der Waals surface area contributed by atoms with Crippen molar-refractivity contribution in [3.63, 3.8) is 0 Å². The molecule has 0 aliphatic heterocycles. The highest BCUT2D eigenvalue weighted by molar-refractivity contribution is 5.28. The monoisotopic (exact) mass is 299 g/mol. The molecule has 1 saturated carbocycles. The van der Waals surface area contributed by atoms with Gasteiger partial charge in [0.25, 0.3) is 0 Å². The van der Waals surface area contributed by atoms with E-state index in [-0.39, 0.29) is 6.04 Å². The van der Waals surface area contributed by atoms with E-state index in [1.807, 2.05) is 13.0 Å². The Kier molecular flexibility index (Phi) is 5.31. The van der Waals surface area contributed by atoms with Crippen molar-refractivity contribution in [2.24, 2.45) is 11.8 Å². The quantitative estimate of drug-likeness (QED) is 0.789. The Morgan fingerprint density at radius 1 is 1.24 bits per heavy atom. The molecule has 0 bridgehead atoms.